The molecule has 0 atom stereocenters. The van der Waals surface area contributed by atoms with E-state index in [0.29, 0.717) is 12.8 Å². The molecule has 0 aliphatic rings. The monoisotopic (exact) mass is 626 g/mol. The van der Waals surface area contributed by atoms with E-state index in [1.54, 1.807) is 6.20 Å². The largest absolute Gasteiger partial charge is 0.490 e. The van der Waals surface area contributed by atoms with Crippen LogP contribution < -0.4 is 5.32 Å². The highest BCUT2D eigenvalue weighted by atomic mass is 79.9. The molecule has 1 amide bonds. The highest BCUT2D eigenvalue weighted by Crippen LogP contribution is 2.34. The Bertz CT molecular complexity index is 1660. The normalized spacial score (nSPS) is 11.1. The van der Waals surface area contributed by atoms with E-state index in [1.165, 1.54) is 0 Å². The number of hydrogen-bond donors (Lipinski definition) is 3. The van der Waals surface area contributed by atoms with Crippen molar-refractivity contribution in [2.45, 2.75) is 32.5 Å². The Labute approximate surface area is 242 Å². The molecule has 0 unspecified atom stereocenters. The van der Waals surface area contributed by atoms with Gasteiger partial charge in [-0.1, -0.05) is 54.6 Å². The number of aromatic nitrogens is 3. The number of halogens is 4. The molecule has 0 bridgehead atoms. The zero-order valence-electron chi connectivity index (χ0n) is 21.9. The van der Waals surface area contributed by atoms with Crippen molar-refractivity contribution in [3.05, 3.63) is 107 Å². The van der Waals surface area contributed by atoms with Crippen molar-refractivity contribution in [2.24, 2.45) is 0 Å². The van der Waals surface area contributed by atoms with E-state index in [2.05, 4.69) is 60.0 Å². The lowest BCUT2D eigenvalue weighted by atomic mass is 10.0. The molecule has 2 heterocycles. The highest BCUT2D eigenvalue weighted by Gasteiger charge is 2.38. The summed E-state index contributed by atoms with van der Waals surface area (Å²) in [6.07, 6.45) is -0.289. The number of aliphatic carboxylic acids is 1. The maximum Gasteiger partial charge on any atom is 0.490 e. The molecule has 3 aromatic carbocycles. The first kappa shape index (κ1) is 29.6. The minimum absolute atomic E-state index is 0.000630. The summed E-state index contributed by atoms with van der Waals surface area (Å²) in [7, 11) is 0. The van der Waals surface area contributed by atoms with E-state index in [4.69, 9.17) is 9.90 Å². The molecule has 41 heavy (non-hydrogen) atoms. The standard InChI is InChI=1S/C28H25BrN4O.C2HF3O2/c1-19-30-15-16-33(19)18-20-7-5-10-22(17-20)31-26(34)14-13-24-23-11-6-12-25(29)28(23)32-27(24)21-8-3-2-4-9-21;3-2(4,5)1(6)7/h2-12,15-17,32H,13-14,18H2,1H3,(H,31,34);(H,6,7). The number of hydrogen-bond acceptors (Lipinski definition) is 3. The van der Waals surface area contributed by atoms with Crippen molar-refractivity contribution < 1.29 is 27.9 Å². The summed E-state index contributed by atoms with van der Waals surface area (Å²) in [5, 5.41) is 11.3. The van der Waals surface area contributed by atoms with E-state index in [0.717, 1.165) is 55.8 Å². The van der Waals surface area contributed by atoms with E-state index in [-0.39, 0.29) is 5.91 Å². The van der Waals surface area contributed by atoms with Crippen LogP contribution in [0.25, 0.3) is 22.2 Å². The van der Waals surface area contributed by atoms with Gasteiger partial charge in [-0.15, -0.1) is 0 Å². The smallest absolute Gasteiger partial charge is 0.475 e. The van der Waals surface area contributed by atoms with Gasteiger partial charge in [-0.3, -0.25) is 4.79 Å². The molecule has 0 aliphatic heterocycles. The van der Waals surface area contributed by atoms with Crippen LogP contribution >= 0.6 is 15.9 Å². The number of carboxylic acid groups (broad SMARTS) is 1. The van der Waals surface area contributed by atoms with Crippen LogP contribution in [0, 0.1) is 6.92 Å². The summed E-state index contributed by atoms with van der Waals surface area (Å²) in [5.41, 5.74) is 6.31. The predicted molar refractivity (Wildman–Crippen MR) is 155 cm³/mol. The summed E-state index contributed by atoms with van der Waals surface area (Å²) in [5.74, 6) is -1.79. The average Bonchev–Trinajstić information content (AvgIpc) is 3.51. The third kappa shape index (κ3) is 7.63. The molecule has 2 aromatic heterocycles. The number of carbonyl (C=O) groups is 2. The number of carbonyl (C=O) groups excluding carboxylic acids is 1. The van der Waals surface area contributed by atoms with E-state index < -0.39 is 12.1 Å². The van der Waals surface area contributed by atoms with Crippen molar-refractivity contribution >= 4 is 44.4 Å². The summed E-state index contributed by atoms with van der Waals surface area (Å²) in [6.45, 7) is 2.71. The molecule has 0 aliphatic carbocycles. The molecule has 0 saturated carbocycles. The zero-order chi connectivity index (χ0) is 29.6. The lowest BCUT2D eigenvalue weighted by Crippen LogP contribution is -2.21. The van der Waals surface area contributed by atoms with E-state index in [1.807, 2.05) is 61.7 Å². The fourth-order valence-electron chi connectivity index (χ4n) is 4.33. The molecule has 5 rings (SSSR count). The lowest BCUT2D eigenvalue weighted by Gasteiger charge is -2.10. The van der Waals surface area contributed by atoms with Gasteiger partial charge < -0.3 is 20.0 Å². The number of fused-ring (bicyclic) bond motifs is 1. The Morgan fingerprint density at radius 3 is 2.41 bits per heavy atom. The molecule has 7 nitrogen and oxygen atoms in total. The van der Waals surface area contributed by atoms with Crippen LogP contribution in [0.15, 0.2) is 89.7 Å². The first-order valence-corrected chi connectivity index (χ1v) is 13.3. The molecule has 11 heteroatoms. The summed E-state index contributed by atoms with van der Waals surface area (Å²) in [4.78, 5) is 29.6. The number of nitrogens with one attached hydrogen (secondary N) is 2. The summed E-state index contributed by atoms with van der Waals surface area (Å²) in [6, 6.07) is 24.4. The summed E-state index contributed by atoms with van der Waals surface area (Å²) >= 11 is 3.66. The number of aryl methyl sites for hydroxylation is 2. The van der Waals surface area contributed by atoms with Crippen molar-refractivity contribution in [1.29, 1.82) is 0 Å². The van der Waals surface area contributed by atoms with Gasteiger partial charge in [0.1, 0.15) is 5.82 Å². The Morgan fingerprint density at radius 2 is 1.76 bits per heavy atom. The van der Waals surface area contributed by atoms with Crippen LogP contribution in [0.2, 0.25) is 0 Å². The molecule has 0 fully saturated rings. The van der Waals surface area contributed by atoms with E-state index >= 15 is 0 Å². The molecular weight excluding hydrogens is 601 g/mol. The second-order valence-corrected chi connectivity index (χ2v) is 10.0. The summed E-state index contributed by atoms with van der Waals surface area (Å²) < 4.78 is 34.8. The predicted octanol–water partition coefficient (Wildman–Crippen LogP) is 7.36. The number of amides is 1. The minimum Gasteiger partial charge on any atom is -0.475 e. The number of imidazole rings is 1. The van der Waals surface area contributed by atoms with E-state index in [9.17, 15) is 18.0 Å². The maximum absolute atomic E-state index is 12.9. The molecule has 0 radical (unpaired) electrons. The van der Waals surface area contributed by atoms with Gasteiger partial charge in [0.25, 0.3) is 0 Å². The van der Waals surface area contributed by atoms with Gasteiger partial charge in [-0.05, 0) is 64.2 Å². The zero-order valence-corrected chi connectivity index (χ0v) is 23.5. The first-order chi connectivity index (χ1) is 19.5. The molecule has 0 saturated heterocycles. The number of carboxylic acids is 1. The number of rotatable bonds is 7. The number of para-hydroxylation sites is 1. The number of nitrogens with zero attached hydrogens (tertiary/aromatic N) is 2. The second-order valence-electron chi connectivity index (χ2n) is 9.16. The lowest BCUT2D eigenvalue weighted by molar-refractivity contribution is -0.192. The van der Waals surface area contributed by atoms with Gasteiger partial charge in [-0.25, -0.2) is 9.78 Å². The van der Waals surface area contributed by atoms with Crippen LogP contribution in [-0.2, 0) is 22.6 Å². The van der Waals surface area contributed by atoms with Crippen molar-refractivity contribution in [3.63, 3.8) is 0 Å². The fraction of sp³-hybridized carbons (Fsp3) is 0.167. The number of H-pyrrole nitrogens is 1. The van der Waals surface area contributed by atoms with Gasteiger partial charge in [0.2, 0.25) is 5.91 Å². The number of benzene rings is 3. The van der Waals surface area contributed by atoms with Gasteiger partial charge >= 0.3 is 12.1 Å². The van der Waals surface area contributed by atoms with Crippen molar-refractivity contribution in [2.75, 3.05) is 5.32 Å². The maximum atomic E-state index is 12.9. The van der Waals surface area contributed by atoms with Crippen molar-refractivity contribution in [1.82, 2.24) is 14.5 Å². The third-order valence-electron chi connectivity index (χ3n) is 6.28. The topological polar surface area (TPSA) is 100 Å². The number of alkyl halides is 3. The van der Waals surface area contributed by atoms with Gasteiger partial charge in [0, 0.05) is 46.6 Å². The fourth-order valence-corrected chi connectivity index (χ4v) is 4.79. The van der Waals surface area contributed by atoms with Crippen molar-refractivity contribution in [3.8, 4) is 11.3 Å². The van der Waals surface area contributed by atoms with Gasteiger partial charge in [0.15, 0.2) is 0 Å². The molecule has 5 aromatic rings. The second kappa shape index (κ2) is 12.9. The number of anilines is 1. The molecule has 0 spiro atoms. The van der Waals surface area contributed by atoms with Crippen LogP contribution in [-0.4, -0.2) is 37.7 Å². The van der Waals surface area contributed by atoms with Crippen LogP contribution in [0.1, 0.15) is 23.4 Å². The Kier molecular flexibility index (Phi) is 9.28. The van der Waals surface area contributed by atoms with Crippen LogP contribution in [0.3, 0.4) is 0 Å². The Balaban J connectivity index is 0.000000493. The SMILES string of the molecule is Cc1nccn1Cc1cccc(NC(=O)CCc2c(-c3ccccc3)[nH]c3c(Br)cccc23)c1.O=C(O)C(F)(F)F. The Hall–Kier alpha value is -4.38. The number of aromatic amines is 1. The van der Waals surface area contributed by atoms with Crippen LogP contribution in [0.4, 0.5) is 18.9 Å². The quantitative estimate of drug-likeness (QED) is 0.176. The van der Waals surface area contributed by atoms with Gasteiger partial charge in [-0.2, -0.15) is 13.2 Å². The minimum atomic E-state index is -5.08. The third-order valence-corrected chi connectivity index (χ3v) is 6.95. The van der Waals surface area contributed by atoms with Crippen LogP contribution in [0.5, 0.6) is 0 Å². The average molecular weight is 627 g/mol. The molecule has 3 N–H and O–H groups in total. The molecular formula is C30H26BrF3N4O3. The highest BCUT2D eigenvalue weighted by molar-refractivity contribution is 9.10. The Morgan fingerprint density at radius 1 is 1.05 bits per heavy atom. The molecule has 212 valence electrons. The first-order valence-electron chi connectivity index (χ1n) is 12.5. The van der Waals surface area contributed by atoms with Gasteiger partial charge in [0.05, 0.1) is 5.52 Å².